The number of carbonyl (C=O) groups is 2. The van der Waals surface area contributed by atoms with Gasteiger partial charge in [-0.1, -0.05) is 36.4 Å². The summed E-state index contributed by atoms with van der Waals surface area (Å²) in [6, 6.07) is 8.69. The normalized spacial score (nSPS) is 13.2. The largest absolute Gasteiger partial charge is 0.481 e. The Bertz CT molecular complexity index is 500. The predicted molar refractivity (Wildman–Crippen MR) is 79.9 cm³/mol. The van der Waals surface area contributed by atoms with Crippen molar-refractivity contribution in [3.8, 4) is 0 Å². The van der Waals surface area contributed by atoms with Gasteiger partial charge in [-0.3, -0.25) is 9.59 Å². The first-order valence-corrected chi connectivity index (χ1v) is 6.74. The third kappa shape index (κ3) is 4.16. The van der Waals surface area contributed by atoms with Gasteiger partial charge in [-0.25, -0.2) is 0 Å². The standard InChI is InChI=1S/C16H21NO4/c1-3-9-17(10-11-18)14(19)12-16(2,15(20)21)13-7-5-4-6-8-13/h3-8,18H,1,9-12H2,2H3,(H,20,21). The molecule has 0 bridgehead atoms. The number of aliphatic hydroxyl groups is 1. The Labute approximate surface area is 124 Å². The summed E-state index contributed by atoms with van der Waals surface area (Å²) in [6.45, 7) is 5.37. The molecule has 0 aliphatic rings. The smallest absolute Gasteiger partial charge is 0.314 e. The molecule has 0 aliphatic heterocycles. The number of hydrogen-bond acceptors (Lipinski definition) is 3. The van der Waals surface area contributed by atoms with Crippen LogP contribution in [0.1, 0.15) is 18.9 Å². The van der Waals surface area contributed by atoms with Crippen LogP contribution in [-0.2, 0) is 15.0 Å². The zero-order valence-electron chi connectivity index (χ0n) is 12.2. The highest BCUT2D eigenvalue weighted by molar-refractivity contribution is 5.89. The summed E-state index contributed by atoms with van der Waals surface area (Å²) in [5.41, 5.74) is -0.721. The number of benzene rings is 1. The van der Waals surface area contributed by atoms with Crippen LogP contribution in [0.15, 0.2) is 43.0 Å². The Hall–Kier alpha value is -2.14. The highest BCUT2D eigenvalue weighted by atomic mass is 16.4. The van der Waals surface area contributed by atoms with E-state index < -0.39 is 11.4 Å². The van der Waals surface area contributed by atoms with E-state index in [4.69, 9.17) is 5.11 Å². The lowest BCUT2D eigenvalue weighted by Gasteiger charge is -2.28. The van der Waals surface area contributed by atoms with Crippen molar-refractivity contribution in [1.29, 1.82) is 0 Å². The van der Waals surface area contributed by atoms with Crippen LogP contribution in [-0.4, -0.2) is 46.7 Å². The lowest BCUT2D eigenvalue weighted by Crippen LogP contribution is -2.42. The average molecular weight is 291 g/mol. The van der Waals surface area contributed by atoms with Crippen molar-refractivity contribution in [3.63, 3.8) is 0 Å². The molecular formula is C16H21NO4. The van der Waals surface area contributed by atoms with Gasteiger partial charge in [-0.15, -0.1) is 6.58 Å². The van der Waals surface area contributed by atoms with Crippen LogP contribution in [0.25, 0.3) is 0 Å². The molecule has 1 amide bonds. The Balaban J connectivity index is 3.00. The molecule has 0 radical (unpaired) electrons. The zero-order valence-corrected chi connectivity index (χ0v) is 12.2. The number of aliphatic carboxylic acids is 1. The summed E-state index contributed by atoms with van der Waals surface area (Å²) in [4.78, 5) is 25.4. The molecule has 0 fully saturated rings. The molecule has 0 saturated heterocycles. The van der Waals surface area contributed by atoms with Crippen LogP contribution in [0.2, 0.25) is 0 Å². The van der Waals surface area contributed by atoms with E-state index in [0.717, 1.165) is 0 Å². The minimum Gasteiger partial charge on any atom is -0.481 e. The second-order valence-corrected chi connectivity index (χ2v) is 5.03. The quantitative estimate of drug-likeness (QED) is 0.710. The molecule has 2 N–H and O–H groups in total. The summed E-state index contributed by atoms with van der Waals surface area (Å²) in [7, 11) is 0. The molecule has 5 heteroatoms. The molecule has 1 atom stereocenters. The van der Waals surface area contributed by atoms with Crippen molar-refractivity contribution in [3.05, 3.63) is 48.6 Å². The van der Waals surface area contributed by atoms with Gasteiger partial charge < -0.3 is 15.1 Å². The minimum absolute atomic E-state index is 0.162. The summed E-state index contributed by atoms with van der Waals surface area (Å²) < 4.78 is 0. The molecule has 0 aromatic heterocycles. The van der Waals surface area contributed by atoms with E-state index in [2.05, 4.69) is 6.58 Å². The van der Waals surface area contributed by atoms with E-state index in [9.17, 15) is 14.7 Å². The van der Waals surface area contributed by atoms with Crippen molar-refractivity contribution in [2.75, 3.05) is 19.7 Å². The van der Waals surface area contributed by atoms with Crippen LogP contribution in [0.3, 0.4) is 0 Å². The van der Waals surface area contributed by atoms with Crippen LogP contribution < -0.4 is 0 Å². The van der Waals surface area contributed by atoms with Crippen molar-refractivity contribution in [1.82, 2.24) is 4.90 Å². The average Bonchev–Trinajstić information content (AvgIpc) is 2.47. The van der Waals surface area contributed by atoms with Gasteiger partial charge in [0, 0.05) is 19.5 Å². The van der Waals surface area contributed by atoms with Gasteiger partial charge in [0.2, 0.25) is 5.91 Å². The fourth-order valence-corrected chi connectivity index (χ4v) is 2.12. The fourth-order valence-electron chi connectivity index (χ4n) is 2.12. The monoisotopic (exact) mass is 291 g/mol. The van der Waals surface area contributed by atoms with Gasteiger partial charge in [-0.05, 0) is 12.5 Å². The molecule has 1 aromatic carbocycles. The van der Waals surface area contributed by atoms with Crippen LogP contribution >= 0.6 is 0 Å². The summed E-state index contributed by atoms with van der Waals surface area (Å²) in [6.07, 6.45) is 1.38. The number of carboxylic acids is 1. The molecule has 0 saturated carbocycles. The molecule has 1 aromatic rings. The lowest BCUT2D eigenvalue weighted by molar-refractivity contribution is -0.147. The first kappa shape index (κ1) is 16.9. The molecule has 21 heavy (non-hydrogen) atoms. The van der Waals surface area contributed by atoms with Crippen LogP contribution in [0.4, 0.5) is 0 Å². The van der Waals surface area contributed by atoms with E-state index in [0.29, 0.717) is 5.56 Å². The van der Waals surface area contributed by atoms with Crippen LogP contribution in [0, 0.1) is 0 Å². The number of carboxylic acid groups (broad SMARTS) is 1. The van der Waals surface area contributed by atoms with Gasteiger partial charge in [0.1, 0.15) is 0 Å². The number of hydrogen-bond donors (Lipinski definition) is 2. The molecule has 0 heterocycles. The molecule has 0 aliphatic carbocycles. The predicted octanol–water partition coefficient (Wildman–Crippen LogP) is 1.43. The Morgan fingerprint density at radius 3 is 2.43 bits per heavy atom. The van der Waals surface area contributed by atoms with Crippen molar-refractivity contribution in [2.24, 2.45) is 0 Å². The van der Waals surface area contributed by atoms with Crippen LogP contribution in [0.5, 0.6) is 0 Å². The Kier molecular flexibility index (Phi) is 6.11. The van der Waals surface area contributed by atoms with E-state index >= 15 is 0 Å². The number of aliphatic hydroxyl groups excluding tert-OH is 1. The highest BCUT2D eigenvalue weighted by Gasteiger charge is 2.38. The lowest BCUT2D eigenvalue weighted by atomic mass is 9.79. The number of carbonyl (C=O) groups excluding carboxylic acids is 1. The topological polar surface area (TPSA) is 77.8 Å². The highest BCUT2D eigenvalue weighted by Crippen LogP contribution is 2.28. The van der Waals surface area contributed by atoms with E-state index in [1.165, 1.54) is 11.8 Å². The molecular weight excluding hydrogens is 270 g/mol. The number of nitrogens with zero attached hydrogens (tertiary/aromatic N) is 1. The van der Waals surface area contributed by atoms with Crippen molar-refractivity contribution < 1.29 is 19.8 Å². The second kappa shape index (κ2) is 7.59. The first-order chi connectivity index (χ1) is 9.95. The van der Waals surface area contributed by atoms with E-state index in [-0.39, 0.29) is 32.0 Å². The SMILES string of the molecule is C=CCN(CCO)C(=O)CC(C)(C(=O)O)c1ccccc1. The van der Waals surface area contributed by atoms with E-state index in [1.54, 1.807) is 36.4 Å². The zero-order chi connectivity index (χ0) is 15.9. The Morgan fingerprint density at radius 2 is 1.95 bits per heavy atom. The van der Waals surface area contributed by atoms with Gasteiger partial charge >= 0.3 is 5.97 Å². The maximum Gasteiger partial charge on any atom is 0.314 e. The molecule has 114 valence electrons. The fraction of sp³-hybridized carbons (Fsp3) is 0.375. The maximum absolute atomic E-state index is 12.3. The summed E-state index contributed by atoms with van der Waals surface area (Å²) in [5, 5.41) is 18.5. The van der Waals surface area contributed by atoms with Gasteiger partial charge in [0.15, 0.2) is 0 Å². The second-order valence-electron chi connectivity index (χ2n) is 5.03. The third-order valence-corrected chi connectivity index (χ3v) is 3.46. The molecule has 1 rings (SSSR count). The van der Waals surface area contributed by atoms with Gasteiger partial charge in [0.05, 0.1) is 12.0 Å². The molecule has 1 unspecified atom stereocenters. The van der Waals surface area contributed by atoms with Crippen molar-refractivity contribution in [2.45, 2.75) is 18.8 Å². The Morgan fingerprint density at radius 1 is 1.33 bits per heavy atom. The summed E-state index contributed by atoms with van der Waals surface area (Å²) >= 11 is 0. The number of rotatable bonds is 8. The number of amides is 1. The van der Waals surface area contributed by atoms with Gasteiger partial charge in [-0.2, -0.15) is 0 Å². The first-order valence-electron chi connectivity index (χ1n) is 6.74. The van der Waals surface area contributed by atoms with E-state index in [1.807, 2.05) is 0 Å². The van der Waals surface area contributed by atoms with Crippen molar-refractivity contribution >= 4 is 11.9 Å². The maximum atomic E-state index is 12.3. The molecule has 0 spiro atoms. The van der Waals surface area contributed by atoms with Gasteiger partial charge in [0.25, 0.3) is 0 Å². The molecule has 5 nitrogen and oxygen atoms in total. The minimum atomic E-state index is -1.30. The summed E-state index contributed by atoms with van der Waals surface area (Å²) in [5.74, 6) is -1.37. The third-order valence-electron chi connectivity index (χ3n) is 3.46.